The zero-order chi connectivity index (χ0) is 15.2. The molecule has 0 spiro atoms. The molecule has 20 heavy (non-hydrogen) atoms. The zero-order valence-corrected chi connectivity index (χ0v) is 14.5. The van der Waals surface area contributed by atoms with E-state index in [1.165, 1.54) is 38.6 Å². The van der Waals surface area contributed by atoms with E-state index in [0.717, 1.165) is 31.5 Å². The van der Waals surface area contributed by atoms with Gasteiger partial charge in [-0.05, 0) is 51.7 Å². The van der Waals surface area contributed by atoms with Crippen molar-refractivity contribution in [3.8, 4) is 0 Å². The minimum absolute atomic E-state index is 0.248. The number of hydrogen-bond donors (Lipinski definition) is 1. The highest BCUT2D eigenvalue weighted by Gasteiger charge is 2.44. The molecule has 1 saturated carbocycles. The number of rotatable bonds is 8. The summed E-state index contributed by atoms with van der Waals surface area (Å²) in [5.41, 5.74) is 6.60. The molecule has 0 saturated heterocycles. The molecule has 2 N–H and O–H groups in total. The van der Waals surface area contributed by atoms with Crippen LogP contribution in [0.4, 0.5) is 0 Å². The van der Waals surface area contributed by atoms with Gasteiger partial charge in [0.1, 0.15) is 0 Å². The summed E-state index contributed by atoms with van der Waals surface area (Å²) in [6.07, 6.45) is 6.61. The van der Waals surface area contributed by atoms with Gasteiger partial charge in [0.2, 0.25) is 0 Å². The first-order valence-electron chi connectivity index (χ1n) is 8.57. The highest BCUT2D eigenvalue weighted by molar-refractivity contribution is 5.01. The molecule has 0 aromatic rings. The van der Waals surface area contributed by atoms with Crippen LogP contribution in [-0.2, 0) is 0 Å². The van der Waals surface area contributed by atoms with E-state index in [1.807, 2.05) is 0 Å². The molecule has 3 nitrogen and oxygen atoms in total. The fourth-order valence-corrected chi connectivity index (χ4v) is 4.13. The lowest BCUT2D eigenvalue weighted by Crippen LogP contribution is -2.62. The standard InChI is InChI=1S/C17H37N3/c1-6-11-20(13-12-19(4)5)17(14-18)10-8-7-9-16(17)15(2)3/h15-16H,6-14,18H2,1-5H3. The largest absolute Gasteiger partial charge is 0.329 e. The van der Waals surface area contributed by atoms with Gasteiger partial charge >= 0.3 is 0 Å². The van der Waals surface area contributed by atoms with Crippen LogP contribution in [0.25, 0.3) is 0 Å². The topological polar surface area (TPSA) is 32.5 Å². The molecule has 1 rings (SSSR count). The van der Waals surface area contributed by atoms with Crippen LogP contribution < -0.4 is 5.73 Å². The predicted molar refractivity (Wildman–Crippen MR) is 89.0 cm³/mol. The van der Waals surface area contributed by atoms with Gasteiger partial charge in [-0.3, -0.25) is 4.90 Å². The third-order valence-electron chi connectivity index (χ3n) is 5.16. The Bertz CT molecular complexity index is 265. The van der Waals surface area contributed by atoms with Crippen LogP contribution in [0.3, 0.4) is 0 Å². The molecule has 1 aliphatic rings. The van der Waals surface area contributed by atoms with Crippen LogP contribution in [0, 0.1) is 11.8 Å². The lowest BCUT2D eigenvalue weighted by molar-refractivity contribution is -0.0168. The van der Waals surface area contributed by atoms with E-state index in [0.29, 0.717) is 0 Å². The Hall–Kier alpha value is -0.120. The summed E-state index contributed by atoms with van der Waals surface area (Å²) in [6.45, 7) is 11.4. The second-order valence-electron chi connectivity index (χ2n) is 7.19. The van der Waals surface area contributed by atoms with Crippen molar-refractivity contribution in [3.63, 3.8) is 0 Å². The molecule has 0 bridgehead atoms. The van der Waals surface area contributed by atoms with Gasteiger partial charge in [-0.1, -0.05) is 33.6 Å². The number of hydrogen-bond acceptors (Lipinski definition) is 3. The van der Waals surface area contributed by atoms with Crippen LogP contribution in [0.1, 0.15) is 52.9 Å². The zero-order valence-electron chi connectivity index (χ0n) is 14.5. The smallest absolute Gasteiger partial charge is 0.0362 e. The number of nitrogens with two attached hydrogens (primary N) is 1. The van der Waals surface area contributed by atoms with E-state index >= 15 is 0 Å². The van der Waals surface area contributed by atoms with E-state index < -0.39 is 0 Å². The fraction of sp³-hybridized carbons (Fsp3) is 1.00. The van der Waals surface area contributed by atoms with Crippen LogP contribution in [-0.4, -0.2) is 55.6 Å². The van der Waals surface area contributed by atoms with Crippen molar-refractivity contribution in [2.45, 2.75) is 58.4 Å². The molecule has 1 aliphatic carbocycles. The van der Waals surface area contributed by atoms with E-state index in [4.69, 9.17) is 5.73 Å². The summed E-state index contributed by atoms with van der Waals surface area (Å²) >= 11 is 0. The van der Waals surface area contributed by atoms with Crippen molar-refractivity contribution < 1.29 is 0 Å². The summed E-state index contributed by atoms with van der Waals surface area (Å²) in [7, 11) is 4.33. The maximum absolute atomic E-state index is 6.35. The van der Waals surface area contributed by atoms with Gasteiger partial charge in [0.15, 0.2) is 0 Å². The van der Waals surface area contributed by atoms with Crippen molar-refractivity contribution in [3.05, 3.63) is 0 Å². The third-order valence-corrected chi connectivity index (χ3v) is 5.16. The predicted octanol–water partition coefficient (Wildman–Crippen LogP) is 2.80. The van der Waals surface area contributed by atoms with Gasteiger partial charge in [-0.15, -0.1) is 0 Å². The number of likely N-dealkylation sites (N-methyl/N-ethyl adjacent to an activating group) is 1. The Morgan fingerprint density at radius 1 is 1.15 bits per heavy atom. The molecular formula is C17H37N3. The first kappa shape index (κ1) is 17.9. The van der Waals surface area contributed by atoms with E-state index in [1.54, 1.807) is 0 Å². The Labute approximate surface area is 126 Å². The van der Waals surface area contributed by atoms with Crippen molar-refractivity contribution in [1.82, 2.24) is 9.80 Å². The molecule has 0 amide bonds. The number of nitrogens with zero attached hydrogens (tertiary/aromatic N) is 2. The van der Waals surface area contributed by atoms with Gasteiger partial charge in [-0.2, -0.15) is 0 Å². The SMILES string of the molecule is CCCN(CCN(C)C)C1(CN)CCCCC1C(C)C. The Kier molecular flexibility index (Phi) is 7.49. The van der Waals surface area contributed by atoms with Gasteiger partial charge in [0.05, 0.1) is 0 Å². The second kappa shape index (κ2) is 8.35. The Morgan fingerprint density at radius 3 is 2.35 bits per heavy atom. The van der Waals surface area contributed by atoms with Crippen LogP contribution >= 0.6 is 0 Å². The second-order valence-corrected chi connectivity index (χ2v) is 7.19. The van der Waals surface area contributed by atoms with E-state index in [-0.39, 0.29) is 5.54 Å². The third kappa shape index (κ3) is 4.19. The van der Waals surface area contributed by atoms with Crippen molar-refractivity contribution in [1.29, 1.82) is 0 Å². The maximum atomic E-state index is 6.35. The summed E-state index contributed by atoms with van der Waals surface area (Å²) < 4.78 is 0. The van der Waals surface area contributed by atoms with Gasteiger partial charge in [0, 0.05) is 25.2 Å². The molecule has 1 fully saturated rings. The molecule has 0 aromatic carbocycles. The molecule has 0 aromatic heterocycles. The molecule has 0 heterocycles. The van der Waals surface area contributed by atoms with E-state index in [9.17, 15) is 0 Å². The Balaban J connectivity index is 2.93. The Morgan fingerprint density at radius 2 is 1.85 bits per heavy atom. The fourth-order valence-electron chi connectivity index (χ4n) is 4.13. The average molecular weight is 284 g/mol. The maximum Gasteiger partial charge on any atom is 0.0362 e. The van der Waals surface area contributed by atoms with E-state index in [2.05, 4.69) is 44.7 Å². The highest BCUT2D eigenvalue weighted by Crippen LogP contribution is 2.42. The van der Waals surface area contributed by atoms with Crippen molar-refractivity contribution in [2.24, 2.45) is 17.6 Å². The lowest BCUT2D eigenvalue weighted by atomic mass is 9.66. The minimum atomic E-state index is 0.248. The van der Waals surface area contributed by atoms with Gasteiger partial charge in [-0.25, -0.2) is 0 Å². The van der Waals surface area contributed by atoms with Crippen molar-refractivity contribution >= 4 is 0 Å². The molecule has 2 atom stereocenters. The van der Waals surface area contributed by atoms with Gasteiger partial charge in [0.25, 0.3) is 0 Å². The van der Waals surface area contributed by atoms with Gasteiger partial charge < -0.3 is 10.6 Å². The molecule has 0 aliphatic heterocycles. The van der Waals surface area contributed by atoms with Crippen LogP contribution in [0.2, 0.25) is 0 Å². The first-order chi connectivity index (χ1) is 9.47. The summed E-state index contributed by atoms with van der Waals surface area (Å²) in [4.78, 5) is 5.02. The average Bonchev–Trinajstić information content (AvgIpc) is 2.42. The normalized spacial score (nSPS) is 27.8. The molecule has 3 heteroatoms. The van der Waals surface area contributed by atoms with Crippen molar-refractivity contribution in [2.75, 3.05) is 40.3 Å². The molecule has 2 unspecified atom stereocenters. The van der Waals surface area contributed by atoms with Crippen LogP contribution in [0.15, 0.2) is 0 Å². The summed E-state index contributed by atoms with van der Waals surface area (Å²) in [5, 5.41) is 0. The monoisotopic (exact) mass is 283 g/mol. The minimum Gasteiger partial charge on any atom is -0.329 e. The summed E-state index contributed by atoms with van der Waals surface area (Å²) in [6, 6.07) is 0. The first-order valence-corrected chi connectivity index (χ1v) is 8.57. The highest BCUT2D eigenvalue weighted by atomic mass is 15.2. The van der Waals surface area contributed by atoms with Crippen LogP contribution in [0.5, 0.6) is 0 Å². The lowest BCUT2D eigenvalue weighted by Gasteiger charge is -2.53. The molecule has 120 valence electrons. The molecular weight excluding hydrogens is 246 g/mol. The summed E-state index contributed by atoms with van der Waals surface area (Å²) in [5.74, 6) is 1.49. The molecule has 0 radical (unpaired) electrons. The quantitative estimate of drug-likeness (QED) is 0.743.